The van der Waals surface area contributed by atoms with Crippen LogP contribution in [0.15, 0.2) is 48.9 Å². The predicted molar refractivity (Wildman–Crippen MR) is 100 cm³/mol. The molecule has 1 aliphatic heterocycles. The van der Waals surface area contributed by atoms with E-state index in [-0.39, 0.29) is 17.4 Å². The number of hydrogen-bond acceptors (Lipinski definition) is 5. The smallest absolute Gasteiger partial charge is 0.292 e. The molecule has 0 bridgehead atoms. The van der Waals surface area contributed by atoms with Gasteiger partial charge in [0, 0.05) is 12.4 Å². The van der Waals surface area contributed by atoms with Crippen LogP contribution in [-0.2, 0) is 16.4 Å². The number of nitrogens with one attached hydrogen (secondary N) is 2. The molecular formula is C18H20N5O3S+. The van der Waals surface area contributed by atoms with Gasteiger partial charge in [-0.2, -0.15) is 0 Å². The Morgan fingerprint density at radius 3 is 2.74 bits per heavy atom. The summed E-state index contributed by atoms with van der Waals surface area (Å²) in [6.07, 6.45) is 5.02. The van der Waals surface area contributed by atoms with E-state index in [1.165, 1.54) is 0 Å². The zero-order valence-electron chi connectivity index (χ0n) is 14.6. The molecule has 3 aromatic rings. The molecule has 0 saturated carbocycles. The average molecular weight is 386 g/mol. The highest BCUT2D eigenvalue weighted by Crippen LogP contribution is 2.14. The summed E-state index contributed by atoms with van der Waals surface area (Å²) in [4.78, 5) is 22.4. The number of anilines is 1. The van der Waals surface area contributed by atoms with Crippen molar-refractivity contribution in [2.45, 2.75) is 6.54 Å². The van der Waals surface area contributed by atoms with E-state index in [0.717, 1.165) is 16.1 Å². The molecular weight excluding hydrogens is 366 g/mol. The highest BCUT2D eigenvalue weighted by Gasteiger charge is 2.27. The Morgan fingerprint density at radius 2 is 2.00 bits per heavy atom. The summed E-state index contributed by atoms with van der Waals surface area (Å²) in [6, 6.07) is 9.18. The number of amides is 1. The van der Waals surface area contributed by atoms with Crippen molar-refractivity contribution in [3.8, 4) is 0 Å². The first-order valence-electron chi connectivity index (χ1n) is 8.73. The molecule has 1 amide bonds. The summed E-state index contributed by atoms with van der Waals surface area (Å²) < 4.78 is 25.0. The van der Waals surface area contributed by atoms with Crippen LogP contribution in [0.1, 0.15) is 16.3 Å². The number of fused-ring (bicyclic) bond motifs is 1. The summed E-state index contributed by atoms with van der Waals surface area (Å²) >= 11 is 0. The monoisotopic (exact) mass is 386 g/mol. The Hall–Kier alpha value is -2.78. The number of imidazole rings is 1. The van der Waals surface area contributed by atoms with Crippen molar-refractivity contribution < 1.29 is 18.1 Å². The Kier molecular flexibility index (Phi) is 4.63. The Bertz CT molecular complexity index is 1060. The van der Waals surface area contributed by atoms with Crippen LogP contribution in [0.25, 0.3) is 5.52 Å². The highest BCUT2D eigenvalue weighted by molar-refractivity contribution is 7.91. The molecule has 0 aromatic carbocycles. The molecule has 9 heteroatoms. The van der Waals surface area contributed by atoms with E-state index in [4.69, 9.17) is 0 Å². The molecule has 0 aliphatic carbocycles. The molecule has 0 atom stereocenters. The maximum absolute atomic E-state index is 12.7. The summed E-state index contributed by atoms with van der Waals surface area (Å²) in [7, 11) is -2.91. The van der Waals surface area contributed by atoms with E-state index < -0.39 is 9.84 Å². The molecule has 140 valence electrons. The minimum absolute atomic E-state index is 0.197. The molecule has 4 rings (SSSR count). The second kappa shape index (κ2) is 7.09. The van der Waals surface area contributed by atoms with E-state index in [1.807, 2.05) is 18.2 Å². The summed E-state index contributed by atoms with van der Waals surface area (Å²) in [5, 5.41) is 2.81. The SMILES string of the molecule is O=C(Nc1cccnc1)c1nc(C[NH+]2CCS(=O)(=O)CC2)c2ccccn12. The number of carbonyl (C=O) groups excluding carboxylic acids is 1. The first kappa shape index (κ1) is 17.6. The Balaban J connectivity index is 1.60. The van der Waals surface area contributed by atoms with Gasteiger partial charge >= 0.3 is 0 Å². The number of rotatable bonds is 4. The fraction of sp³-hybridized carbons (Fsp3) is 0.278. The van der Waals surface area contributed by atoms with Crippen LogP contribution in [0.4, 0.5) is 5.69 Å². The van der Waals surface area contributed by atoms with Crippen LogP contribution in [0.3, 0.4) is 0 Å². The van der Waals surface area contributed by atoms with Gasteiger partial charge in [-0.15, -0.1) is 0 Å². The van der Waals surface area contributed by atoms with Gasteiger partial charge in [-0.3, -0.25) is 14.2 Å². The topological polar surface area (TPSA) is 97.9 Å². The summed E-state index contributed by atoms with van der Waals surface area (Å²) in [5.74, 6) is 0.380. The minimum Gasteiger partial charge on any atom is -0.328 e. The van der Waals surface area contributed by atoms with E-state index in [0.29, 0.717) is 31.1 Å². The van der Waals surface area contributed by atoms with E-state index in [9.17, 15) is 13.2 Å². The fourth-order valence-electron chi connectivity index (χ4n) is 3.26. The van der Waals surface area contributed by atoms with E-state index >= 15 is 0 Å². The molecule has 1 aliphatic rings. The second-order valence-corrected chi connectivity index (χ2v) is 8.92. The van der Waals surface area contributed by atoms with Gasteiger partial charge < -0.3 is 10.2 Å². The lowest BCUT2D eigenvalue weighted by molar-refractivity contribution is -0.910. The highest BCUT2D eigenvalue weighted by atomic mass is 32.2. The van der Waals surface area contributed by atoms with Crippen molar-refractivity contribution in [2.75, 3.05) is 29.9 Å². The average Bonchev–Trinajstić information content (AvgIpc) is 3.03. The van der Waals surface area contributed by atoms with E-state index in [2.05, 4.69) is 15.3 Å². The van der Waals surface area contributed by atoms with Crippen molar-refractivity contribution in [2.24, 2.45) is 0 Å². The molecule has 0 radical (unpaired) electrons. The zero-order chi connectivity index (χ0) is 18.9. The number of carbonyl (C=O) groups is 1. The fourth-order valence-corrected chi connectivity index (χ4v) is 4.66. The molecule has 0 unspecified atom stereocenters. The number of hydrogen-bond donors (Lipinski definition) is 2. The molecule has 27 heavy (non-hydrogen) atoms. The van der Waals surface area contributed by atoms with Crippen molar-refractivity contribution in [1.29, 1.82) is 0 Å². The van der Waals surface area contributed by atoms with Gasteiger partial charge in [0.15, 0.2) is 9.84 Å². The van der Waals surface area contributed by atoms with Crippen molar-refractivity contribution in [3.63, 3.8) is 0 Å². The molecule has 1 saturated heterocycles. The van der Waals surface area contributed by atoms with Gasteiger partial charge in [0.05, 0.1) is 42.0 Å². The van der Waals surface area contributed by atoms with Crippen molar-refractivity contribution in [1.82, 2.24) is 14.4 Å². The normalized spacial score (nSPS) is 17.0. The van der Waals surface area contributed by atoms with Gasteiger partial charge in [0.2, 0.25) is 5.82 Å². The quantitative estimate of drug-likeness (QED) is 0.647. The lowest BCUT2D eigenvalue weighted by Crippen LogP contribution is -3.13. The van der Waals surface area contributed by atoms with Gasteiger partial charge in [-0.25, -0.2) is 13.4 Å². The maximum atomic E-state index is 12.7. The number of quaternary nitrogens is 1. The minimum atomic E-state index is -2.91. The maximum Gasteiger partial charge on any atom is 0.292 e. The molecule has 2 N–H and O–H groups in total. The molecule has 0 spiro atoms. The summed E-state index contributed by atoms with van der Waals surface area (Å²) in [6.45, 7) is 1.71. The molecule has 8 nitrogen and oxygen atoms in total. The van der Waals surface area contributed by atoms with E-state index in [1.54, 1.807) is 35.1 Å². The Morgan fingerprint density at radius 1 is 1.19 bits per heavy atom. The van der Waals surface area contributed by atoms with Crippen LogP contribution in [0.2, 0.25) is 0 Å². The van der Waals surface area contributed by atoms with Crippen LogP contribution < -0.4 is 10.2 Å². The van der Waals surface area contributed by atoms with Crippen LogP contribution >= 0.6 is 0 Å². The molecule has 1 fully saturated rings. The van der Waals surface area contributed by atoms with Crippen LogP contribution in [0.5, 0.6) is 0 Å². The van der Waals surface area contributed by atoms with Crippen LogP contribution in [0, 0.1) is 0 Å². The third-order valence-electron chi connectivity index (χ3n) is 4.70. The number of pyridine rings is 2. The number of nitrogens with zero attached hydrogens (tertiary/aromatic N) is 3. The number of aromatic nitrogens is 3. The van der Waals surface area contributed by atoms with Crippen molar-refractivity contribution in [3.05, 3.63) is 60.4 Å². The molecule has 4 heterocycles. The molecule has 3 aromatic heterocycles. The largest absolute Gasteiger partial charge is 0.328 e. The lowest BCUT2D eigenvalue weighted by atomic mass is 10.3. The van der Waals surface area contributed by atoms with Gasteiger partial charge in [0.1, 0.15) is 12.2 Å². The first-order valence-corrected chi connectivity index (χ1v) is 10.6. The third-order valence-corrected chi connectivity index (χ3v) is 6.35. The van der Waals surface area contributed by atoms with Gasteiger partial charge in [0.25, 0.3) is 5.91 Å². The standard InChI is InChI=1S/C18H19N5O3S/c24-18(20-14-4-3-6-19-12-14)17-21-15(16-5-1-2-7-23(16)17)13-22-8-10-27(25,26)11-9-22/h1-7,12H,8-11,13H2,(H,20,24)/p+1. The van der Waals surface area contributed by atoms with Gasteiger partial charge in [-0.1, -0.05) is 6.07 Å². The zero-order valence-corrected chi connectivity index (χ0v) is 15.4. The first-order chi connectivity index (χ1) is 13.0. The third kappa shape index (κ3) is 3.83. The second-order valence-electron chi connectivity index (χ2n) is 6.61. The van der Waals surface area contributed by atoms with Gasteiger partial charge in [-0.05, 0) is 24.3 Å². The number of sulfone groups is 1. The van der Waals surface area contributed by atoms with Crippen molar-refractivity contribution >= 4 is 26.9 Å². The van der Waals surface area contributed by atoms with Crippen LogP contribution in [-0.4, -0.2) is 53.3 Å². The summed E-state index contributed by atoms with van der Waals surface area (Å²) in [5.41, 5.74) is 2.25. The predicted octanol–water partition coefficient (Wildman–Crippen LogP) is -0.205. The lowest BCUT2D eigenvalue weighted by Gasteiger charge is -2.22. The Labute approximate surface area is 156 Å².